The van der Waals surface area contributed by atoms with Crippen molar-refractivity contribution in [2.45, 2.75) is 4.90 Å². The standard InChI is InChI=1S/C9H8N2O2S2/c12-15(13)6-5-11-7-3-1-2-4-8(7)14-9(11)10-15/h1-4H,5-6H2. The van der Waals surface area contributed by atoms with Crippen molar-refractivity contribution in [3.63, 3.8) is 0 Å². The van der Waals surface area contributed by atoms with Crippen LogP contribution in [0.25, 0.3) is 0 Å². The van der Waals surface area contributed by atoms with Crippen LogP contribution < -0.4 is 4.90 Å². The summed E-state index contributed by atoms with van der Waals surface area (Å²) >= 11 is 1.42. The van der Waals surface area contributed by atoms with Crippen LogP contribution in [0.3, 0.4) is 0 Å². The molecule has 0 N–H and O–H groups in total. The molecule has 0 spiro atoms. The fraction of sp³-hybridized carbons (Fsp3) is 0.222. The molecule has 2 aliphatic heterocycles. The Morgan fingerprint density at radius 3 is 3.00 bits per heavy atom. The highest BCUT2D eigenvalue weighted by Crippen LogP contribution is 2.41. The predicted octanol–water partition coefficient (Wildman–Crippen LogP) is 1.30. The van der Waals surface area contributed by atoms with E-state index >= 15 is 0 Å². The van der Waals surface area contributed by atoms with Gasteiger partial charge in [-0.1, -0.05) is 12.1 Å². The quantitative estimate of drug-likeness (QED) is 0.686. The van der Waals surface area contributed by atoms with Crippen LogP contribution in [0.15, 0.2) is 33.6 Å². The lowest BCUT2D eigenvalue weighted by atomic mass is 10.3. The van der Waals surface area contributed by atoms with Gasteiger partial charge in [0.15, 0.2) is 5.17 Å². The van der Waals surface area contributed by atoms with Crippen molar-refractivity contribution in [1.82, 2.24) is 0 Å². The fourth-order valence-corrected chi connectivity index (χ4v) is 3.94. The minimum absolute atomic E-state index is 0.103. The van der Waals surface area contributed by atoms with E-state index in [4.69, 9.17) is 0 Å². The molecule has 0 radical (unpaired) electrons. The van der Waals surface area contributed by atoms with Crippen LogP contribution in [0.1, 0.15) is 0 Å². The zero-order chi connectivity index (χ0) is 10.5. The summed E-state index contributed by atoms with van der Waals surface area (Å²) in [6.45, 7) is 0.505. The molecule has 1 aromatic rings. The molecule has 0 aliphatic carbocycles. The number of anilines is 1. The summed E-state index contributed by atoms with van der Waals surface area (Å²) < 4.78 is 26.4. The summed E-state index contributed by atoms with van der Waals surface area (Å²) in [7, 11) is -3.23. The van der Waals surface area contributed by atoms with Gasteiger partial charge in [-0.15, -0.1) is 4.40 Å². The van der Waals surface area contributed by atoms with E-state index in [2.05, 4.69) is 4.40 Å². The molecule has 0 unspecified atom stereocenters. The van der Waals surface area contributed by atoms with Gasteiger partial charge in [-0.3, -0.25) is 0 Å². The minimum Gasteiger partial charge on any atom is -0.318 e. The molecule has 3 rings (SSSR count). The number of hydrogen-bond donors (Lipinski definition) is 0. The molecule has 2 heterocycles. The number of para-hydroxylation sites is 1. The molecule has 0 bridgehead atoms. The Morgan fingerprint density at radius 1 is 1.33 bits per heavy atom. The molecule has 0 saturated heterocycles. The fourth-order valence-electron chi connectivity index (χ4n) is 1.68. The van der Waals surface area contributed by atoms with E-state index in [0.717, 1.165) is 10.6 Å². The number of amidine groups is 1. The van der Waals surface area contributed by atoms with E-state index in [-0.39, 0.29) is 5.75 Å². The van der Waals surface area contributed by atoms with Crippen molar-refractivity contribution in [3.05, 3.63) is 24.3 Å². The molecule has 78 valence electrons. The maximum atomic E-state index is 11.3. The second-order valence-electron chi connectivity index (χ2n) is 3.38. The molecule has 15 heavy (non-hydrogen) atoms. The lowest BCUT2D eigenvalue weighted by Gasteiger charge is -2.21. The van der Waals surface area contributed by atoms with Crippen molar-refractivity contribution in [1.29, 1.82) is 0 Å². The Morgan fingerprint density at radius 2 is 2.13 bits per heavy atom. The summed E-state index contributed by atoms with van der Waals surface area (Å²) in [4.78, 5) is 3.04. The Labute approximate surface area is 92.1 Å². The largest absolute Gasteiger partial charge is 0.318 e. The van der Waals surface area contributed by atoms with Crippen LogP contribution in [0.5, 0.6) is 0 Å². The van der Waals surface area contributed by atoms with Crippen molar-refractivity contribution in [2.75, 3.05) is 17.2 Å². The lowest BCUT2D eigenvalue weighted by molar-refractivity contribution is 0.596. The number of thioether (sulfide) groups is 1. The van der Waals surface area contributed by atoms with Gasteiger partial charge >= 0.3 is 0 Å². The van der Waals surface area contributed by atoms with Gasteiger partial charge in [0.1, 0.15) is 0 Å². The molecule has 0 amide bonds. The van der Waals surface area contributed by atoms with Gasteiger partial charge < -0.3 is 4.90 Å². The van der Waals surface area contributed by atoms with E-state index in [0.29, 0.717) is 11.7 Å². The zero-order valence-electron chi connectivity index (χ0n) is 7.75. The highest BCUT2D eigenvalue weighted by molar-refractivity contribution is 8.15. The number of benzene rings is 1. The second kappa shape index (κ2) is 2.99. The van der Waals surface area contributed by atoms with Crippen LogP contribution in [-0.4, -0.2) is 25.9 Å². The van der Waals surface area contributed by atoms with E-state index in [9.17, 15) is 8.42 Å². The Balaban J connectivity index is 2.14. The third-order valence-electron chi connectivity index (χ3n) is 2.38. The maximum absolute atomic E-state index is 11.3. The van der Waals surface area contributed by atoms with Crippen LogP contribution >= 0.6 is 11.8 Å². The lowest BCUT2D eigenvalue weighted by Crippen LogP contribution is -2.35. The van der Waals surface area contributed by atoms with Gasteiger partial charge in [0, 0.05) is 11.4 Å². The molecule has 1 aromatic carbocycles. The molecule has 2 aliphatic rings. The van der Waals surface area contributed by atoms with Gasteiger partial charge in [-0.25, -0.2) is 8.42 Å². The smallest absolute Gasteiger partial charge is 0.257 e. The number of hydrogen-bond acceptors (Lipinski definition) is 4. The zero-order valence-corrected chi connectivity index (χ0v) is 9.38. The number of nitrogens with zero attached hydrogens (tertiary/aromatic N) is 2. The Bertz CT molecular complexity index is 551. The van der Waals surface area contributed by atoms with E-state index in [1.807, 2.05) is 29.2 Å². The summed E-state index contributed by atoms with van der Waals surface area (Å²) in [6.07, 6.45) is 0. The topological polar surface area (TPSA) is 49.7 Å². The summed E-state index contributed by atoms with van der Waals surface area (Å²) in [5.41, 5.74) is 1.07. The first-order valence-electron chi connectivity index (χ1n) is 4.53. The molecule has 4 nitrogen and oxygen atoms in total. The van der Waals surface area contributed by atoms with E-state index in [1.165, 1.54) is 11.8 Å². The summed E-state index contributed by atoms with van der Waals surface area (Å²) in [5.74, 6) is 0.103. The normalized spacial score (nSPS) is 21.9. The van der Waals surface area contributed by atoms with Crippen LogP contribution in [0.2, 0.25) is 0 Å². The van der Waals surface area contributed by atoms with Crippen molar-refractivity contribution < 1.29 is 8.42 Å². The first-order valence-corrected chi connectivity index (χ1v) is 6.95. The van der Waals surface area contributed by atoms with Gasteiger partial charge in [0.25, 0.3) is 10.0 Å². The summed E-state index contributed by atoms with van der Waals surface area (Å²) in [5, 5.41) is 0.586. The van der Waals surface area contributed by atoms with Gasteiger partial charge in [-0.05, 0) is 23.9 Å². The first-order chi connectivity index (χ1) is 7.16. The number of sulfonamides is 1. The number of rotatable bonds is 0. The molecular weight excluding hydrogens is 232 g/mol. The maximum Gasteiger partial charge on any atom is 0.257 e. The molecule has 0 aromatic heterocycles. The molecule has 0 atom stereocenters. The van der Waals surface area contributed by atoms with Crippen LogP contribution in [0.4, 0.5) is 5.69 Å². The minimum atomic E-state index is -3.23. The Hall–Kier alpha value is -1.01. The average molecular weight is 240 g/mol. The van der Waals surface area contributed by atoms with E-state index < -0.39 is 10.0 Å². The SMILES string of the molecule is O=S1(=O)CCN2C(=N1)Sc1ccccc12. The average Bonchev–Trinajstić information content (AvgIpc) is 2.52. The van der Waals surface area contributed by atoms with Crippen LogP contribution in [0, 0.1) is 0 Å². The third-order valence-corrected chi connectivity index (χ3v) is 4.70. The van der Waals surface area contributed by atoms with Crippen molar-refractivity contribution >= 4 is 32.6 Å². The summed E-state index contributed by atoms with van der Waals surface area (Å²) in [6, 6.07) is 7.86. The molecule has 0 fully saturated rings. The van der Waals surface area contributed by atoms with Gasteiger partial charge in [0.2, 0.25) is 0 Å². The molecule has 0 saturated carbocycles. The Kier molecular flexibility index (Phi) is 1.84. The van der Waals surface area contributed by atoms with E-state index in [1.54, 1.807) is 0 Å². The van der Waals surface area contributed by atoms with Crippen molar-refractivity contribution in [3.8, 4) is 0 Å². The van der Waals surface area contributed by atoms with Crippen LogP contribution in [-0.2, 0) is 10.0 Å². The van der Waals surface area contributed by atoms with Crippen molar-refractivity contribution in [2.24, 2.45) is 4.40 Å². The molecular formula is C9H8N2O2S2. The third kappa shape index (κ3) is 1.44. The predicted molar refractivity (Wildman–Crippen MR) is 60.9 cm³/mol. The number of fused-ring (bicyclic) bond motifs is 3. The van der Waals surface area contributed by atoms with Gasteiger partial charge in [-0.2, -0.15) is 0 Å². The highest BCUT2D eigenvalue weighted by Gasteiger charge is 2.32. The molecule has 6 heteroatoms. The highest BCUT2D eigenvalue weighted by atomic mass is 32.2. The second-order valence-corrected chi connectivity index (χ2v) is 6.15. The van der Waals surface area contributed by atoms with Gasteiger partial charge in [0.05, 0.1) is 11.4 Å². The monoisotopic (exact) mass is 240 g/mol. The first kappa shape index (κ1) is 9.23.